The van der Waals surface area contributed by atoms with E-state index in [1.54, 1.807) is 0 Å². The molecule has 1 aromatic rings. The van der Waals surface area contributed by atoms with Gasteiger partial charge >= 0.3 is 6.18 Å². The first-order valence-electron chi connectivity index (χ1n) is 6.51. The van der Waals surface area contributed by atoms with Crippen LogP contribution in [0.1, 0.15) is 37.7 Å². The standard InChI is InChI=1S/C13H15BrClF3N2/c14-8-6-9(13(16,17)18)12(19-7-8)20-11-5-3-1-2-4-10(11)15/h6-7,10-11H,1-5H2,(H,19,20). The Kier molecular flexibility index (Phi) is 5.18. The summed E-state index contributed by atoms with van der Waals surface area (Å²) in [5, 5.41) is 2.73. The minimum absolute atomic E-state index is 0.141. The Labute approximate surface area is 129 Å². The number of halogens is 5. The van der Waals surface area contributed by atoms with E-state index in [1.807, 2.05) is 0 Å². The zero-order chi connectivity index (χ0) is 14.8. The Balaban J connectivity index is 2.24. The van der Waals surface area contributed by atoms with E-state index in [-0.39, 0.29) is 17.2 Å². The highest BCUT2D eigenvalue weighted by Gasteiger charge is 2.35. The van der Waals surface area contributed by atoms with Crippen LogP contribution in [0.5, 0.6) is 0 Å². The van der Waals surface area contributed by atoms with E-state index in [4.69, 9.17) is 11.6 Å². The predicted octanol–water partition coefficient (Wildman–Crippen LogP) is 5.21. The molecule has 2 rings (SSSR count). The molecule has 0 spiro atoms. The van der Waals surface area contributed by atoms with Crippen LogP contribution in [0.4, 0.5) is 19.0 Å². The van der Waals surface area contributed by atoms with Crippen LogP contribution >= 0.6 is 27.5 Å². The van der Waals surface area contributed by atoms with Crippen molar-refractivity contribution >= 4 is 33.3 Å². The Morgan fingerprint density at radius 1 is 1.25 bits per heavy atom. The van der Waals surface area contributed by atoms with Gasteiger partial charge in [-0.05, 0) is 34.8 Å². The van der Waals surface area contributed by atoms with Crippen LogP contribution in [-0.4, -0.2) is 16.4 Å². The largest absolute Gasteiger partial charge is 0.419 e. The van der Waals surface area contributed by atoms with Gasteiger partial charge in [0, 0.05) is 16.7 Å². The molecule has 0 radical (unpaired) electrons. The second kappa shape index (κ2) is 6.52. The molecule has 2 unspecified atom stereocenters. The summed E-state index contributed by atoms with van der Waals surface area (Å²) < 4.78 is 39.4. The molecule has 0 bridgehead atoms. The Morgan fingerprint density at radius 2 is 1.95 bits per heavy atom. The highest BCUT2D eigenvalue weighted by Crippen LogP contribution is 2.36. The third-order valence-corrected chi connectivity index (χ3v) is 4.37. The normalized spacial score (nSPS) is 24.2. The highest BCUT2D eigenvalue weighted by atomic mass is 79.9. The van der Waals surface area contributed by atoms with Gasteiger partial charge in [0.15, 0.2) is 0 Å². The number of hydrogen-bond acceptors (Lipinski definition) is 2. The van der Waals surface area contributed by atoms with Crippen LogP contribution in [0.25, 0.3) is 0 Å². The van der Waals surface area contributed by atoms with Crippen LogP contribution in [0.15, 0.2) is 16.7 Å². The van der Waals surface area contributed by atoms with Gasteiger partial charge in [0.1, 0.15) is 5.82 Å². The molecule has 112 valence electrons. The van der Waals surface area contributed by atoms with Gasteiger partial charge in [-0.2, -0.15) is 13.2 Å². The van der Waals surface area contributed by atoms with Gasteiger partial charge in [-0.3, -0.25) is 0 Å². The van der Waals surface area contributed by atoms with Crippen molar-refractivity contribution in [2.24, 2.45) is 0 Å². The number of nitrogens with one attached hydrogen (secondary N) is 1. The van der Waals surface area contributed by atoms with Gasteiger partial charge in [-0.15, -0.1) is 11.6 Å². The lowest BCUT2D eigenvalue weighted by molar-refractivity contribution is -0.137. The quantitative estimate of drug-likeness (QED) is 0.570. The van der Waals surface area contributed by atoms with Crippen molar-refractivity contribution in [2.45, 2.75) is 49.7 Å². The first-order chi connectivity index (χ1) is 9.38. The van der Waals surface area contributed by atoms with Gasteiger partial charge in [0.25, 0.3) is 0 Å². The van der Waals surface area contributed by atoms with Crippen molar-refractivity contribution in [3.8, 4) is 0 Å². The summed E-state index contributed by atoms with van der Waals surface area (Å²) in [6, 6.07) is 0.865. The maximum Gasteiger partial charge on any atom is 0.419 e. The summed E-state index contributed by atoms with van der Waals surface area (Å²) in [4.78, 5) is 3.87. The highest BCUT2D eigenvalue weighted by molar-refractivity contribution is 9.10. The van der Waals surface area contributed by atoms with Gasteiger partial charge in [-0.1, -0.05) is 19.3 Å². The molecule has 1 aliphatic rings. The van der Waals surface area contributed by atoms with Crippen molar-refractivity contribution in [3.63, 3.8) is 0 Å². The molecule has 1 aromatic heterocycles. The van der Waals surface area contributed by atoms with Crippen LogP contribution in [0, 0.1) is 0 Å². The fourth-order valence-corrected chi connectivity index (χ4v) is 3.05. The molecule has 0 saturated heterocycles. The van der Waals surface area contributed by atoms with E-state index in [9.17, 15) is 13.2 Å². The number of aromatic nitrogens is 1. The van der Waals surface area contributed by atoms with Crippen LogP contribution in [0.2, 0.25) is 0 Å². The zero-order valence-electron chi connectivity index (χ0n) is 10.7. The number of pyridine rings is 1. The SMILES string of the molecule is FC(F)(F)c1cc(Br)cnc1NC1CCCCCC1Cl. The van der Waals surface area contributed by atoms with Crippen LogP contribution in [-0.2, 0) is 6.18 Å². The molecule has 20 heavy (non-hydrogen) atoms. The van der Waals surface area contributed by atoms with Crippen molar-refractivity contribution in [2.75, 3.05) is 5.32 Å². The molecular weight excluding hydrogens is 357 g/mol. The van der Waals surface area contributed by atoms with Crippen molar-refractivity contribution in [1.82, 2.24) is 4.98 Å². The van der Waals surface area contributed by atoms with Crippen LogP contribution < -0.4 is 5.32 Å². The topological polar surface area (TPSA) is 24.9 Å². The molecule has 2 nitrogen and oxygen atoms in total. The van der Waals surface area contributed by atoms with Crippen molar-refractivity contribution in [3.05, 3.63) is 22.3 Å². The van der Waals surface area contributed by atoms with Crippen molar-refractivity contribution in [1.29, 1.82) is 0 Å². The fourth-order valence-electron chi connectivity index (χ4n) is 2.37. The van der Waals surface area contributed by atoms with E-state index >= 15 is 0 Å². The maximum atomic E-state index is 13.0. The molecule has 7 heteroatoms. The molecule has 1 heterocycles. The minimum atomic E-state index is -4.44. The lowest BCUT2D eigenvalue weighted by atomic mass is 10.1. The molecule has 1 saturated carbocycles. The third-order valence-electron chi connectivity index (χ3n) is 3.41. The van der Waals surface area contributed by atoms with Gasteiger partial charge in [0.05, 0.1) is 10.9 Å². The Morgan fingerprint density at radius 3 is 2.65 bits per heavy atom. The first-order valence-corrected chi connectivity index (χ1v) is 7.74. The van der Waals surface area contributed by atoms with E-state index in [2.05, 4.69) is 26.2 Å². The average molecular weight is 372 g/mol. The predicted molar refractivity (Wildman–Crippen MR) is 77.1 cm³/mol. The Bertz CT molecular complexity index is 467. The number of hydrogen-bond donors (Lipinski definition) is 1. The van der Waals surface area contributed by atoms with Gasteiger partial charge < -0.3 is 5.32 Å². The van der Waals surface area contributed by atoms with E-state index < -0.39 is 11.7 Å². The first kappa shape index (κ1) is 15.9. The maximum absolute atomic E-state index is 13.0. The zero-order valence-corrected chi connectivity index (χ0v) is 13.0. The number of rotatable bonds is 2. The summed E-state index contributed by atoms with van der Waals surface area (Å²) in [5.74, 6) is -0.141. The third kappa shape index (κ3) is 4.01. The smallest absolute Gasteiger partial charge is 0.365 e. The molecular formula is C13H15BrClF3N2. The summed E-state index contributed by atoms with van der Waals surface area (Å²) in [5.41, 5.74) is -0.764. The molecule has 1 N–H and O–H groups in total. The second-order valence-electron chi connectivity index (χ2n) is 4.95. The molecule has 0 aromatic carbocycles. The Hall–Kier alpha value is -0.490. The van der Waals surface area contributed by atoms with Gasteiger partial charge in [-0.25, -0.2) is 4.98 Å². The number of alkyl halides is 4. The summed E-state index contributed by atoms with van der Waals surface area (Å²) in [7, 11) is 0. The summed E-state index contributed by atoms with van der Waals surface area (Å²) in [6.07, 6.45) is 1.57. The molecule has 2 atom stereocenters. The summed E-state index contributed by atoms with van der Waals surface area (Å²) in [6.45, 7) is 0. The lowest BCUT2D eigenvalue weighted by Crippen LogP contribution is -2.30. The number of nitrogens with zero attached hydrogens (tertiary/aromatic N) is 1. The fraction of sp³-hybridized carbons (Fsp3) is 0.615. The molecule has 0 aliphatic heterocycles. The van der Waals surface area contributed by atoms with Crippen LogP contribution in [0.3, 0.4) is 0 Å². The monoisotopic (exact) mass is 370 g/mol. The van der Waals surface area contributed by atoms with E-state index in [1.165, 1.54) is 6.20 Å². The number of anilines is 1. The van der Waals surface area contributed by atoms with Gasteiger partial charge in [0.2, 0.25) is 0 Å². The average Bonchev–Trinajstić information content (AvgIpc) is 2.56. The van der Waals surface area contributed by atoms with E-state index in [0.29, 0.717) is 4.47 Å². The van der Waals surface area contributed by atoms with Crippen molar-refractivity contribution < 1.29 is 13.2 Å². The second-order valence-corrected chi connectivity index (χ2v) is 6.43. The lowest BCUT2D eigenvalue weighted by Gasteiger charge is -2.23. The molecule has 1 fully saturated rings. The minimum Gasteiger partial charge on any atom is -0.365 e. The van der Waals surface area contributed by atoms with E-state index in [0.717, 1.165) is 38.2 Å². The summed E-state index contributed by atoms with van der Waals surface area (Å²) >= 11 is 9.28. The molecule has 0 amide bonds. The molecule has 1 aliphatic carbocycles.